The predicted molar refractivity (Wildman–Crippen MR) is 56.5 cm³/mol. The fraction of sp³-hybridized carbons (Fsp3) is 1.00. The van der Waals surface area contributed by atoms with E-state index in [2.05, 4.69) is 10.1 Å². The van der Waals surface area contributed by atoms with E-state index >= 15 is 0 Å². The first kappa shape index (κ1) is 14.1. The lowest BCUT2D eigenvalue weighted by Crippen LogP contribution is -2.31. The molecule has 96 valence electrons. The fourth-order valence-electron chi connectivity index (χ4n) is 1.96. The van der Waals surface area contributed by atoms with E-state index in [-0.39, 0.29) is 18.5 Å². The van der Waals surface area contributed by atoms with Crippen LogP contribution < -0.4 is 5.32 Å². The molecule has 0 aromatic rings. The summed E-state index contributed by atoms with van der Waals surface area (Å²) in [7, 11) is 0. The zero-order valence-electron chi connectivity index (χ0n) is 9.02. The van der Waals surface area contributed by atoms with Gasteiger partial charge in [0.15, 0.2) is 0 Å². The van der Waals surface area contributed by atoms with Crippen LogP contribution in [0.25, 0.3) is 0 Å². The topological polar surface area (TPSA) is 21.3 Å². The van der Waals surface area contributed by atoms with Crippen molar-refractivity contribution in [3.63, 3.8) is 0 Å². The lowest BCUT2D eigenvalue weighted by atomic mass is 9.89. The summed E-state index contributed by atoms with van der Waals surface area (Å²) >= 11 is 6.01. The van der Waals surface area contributed by atoms with E-state index in [1.807, 2.05) is 0 Å². The number of nitrogens with one attached hydrogen (secondary N) is 1. The minimum atomic E-state index is -4.52. The van der Waals surface area contributed by atoms with Crippen molar-refractivity contribution in [3.8, 4) is 0 Å². The van der Waals surface area contributed by atoms with E-state index in [9.17, 15) is 13.2 Å². The molecule has 2 nitrogen and oxygen atoms in total. The Balaban J connectivity index is 1.98. The first-order valence-electron chi connectivity index (χ1n) is 5.53. The van der Waals surface area contributed by atoms with E-state index in [0.29, 0.717) is 5.92 Å². The van der Waals surface area contributed by atoms with Crippen molar-refractivity contribution < 1.29 is 17.9 Å². The van der Waals surface area contributed by atoms with Crippen molar-refractivity contribution in [2.24, 2.45) is 5.92 Å². The van der Waals surface area contributed by atoms with Crippen LogP contribution in [0.4, 0.5) is 13.2 Å². The van der Waals surface area contributed by atoms with Gasteiger partial charge in [-0.15, -0.1) is 24.8 Å². The number of alkyl halides is 4. The highest BCUT2D eigenvalue weighted by atomic mass is 35.5. The van der Waals surface area contributed by atoms with Gasteiger partial charge < -0.3 is 5.32 Å². The van der Waals surface area contributed by atoms with Gasteiger partial charge in [0.2, 0.25) is 0 Å². The van der Waals surface area contributed by atoms with Crippen molar-refractivity contribution in [1.82, 2.24) is 5.32 Å². The molecule has 0 spiro atoms. The molecule has 0 saturated heterocycles. The first-order valence-corrected chi connectivity index (χ1v) is 5.96. The standard InChI is InChI=1S/C10H17ClF3NO/c11-9-3-1-2-8(6-9)7-15-4-5-16-10(12,13)14/h8-9,15H,1-7H2. The van der Waals surface area contributed by atoms with Crippen LogP contribution in [0.15, 0.2) is 0 Å². The molecule has 0 bridgehead atoms. The van der Waals surface area contributed by atoms with Gasteiger partial charge in [-0.25, -0.2) is 0 Å². The summed E-state index contributed by atoms with van der Waals surface area (Å²) in [6.07, 6.45) is -0.298. The van der Waals surface area contributed by atoms with Crippen molar-refractivity contribution in [2.45, 2.75) is 37.4 Å². The fourth-order valence-corrected chi connectivity index (χ4v) is 2.36. The van der Waals surface area contributed by atoms with Crippen LogP contribution in [0.5, 0.6) is 0 Å². The predicted octanol–water partition coefficient (Wildman–Crippen LogP) is 2.91. The highest BCUT2D eigenvalue weighted by molar-refractivity contribution is 6.20. The van der Waals surface area contributed by atoms with Crippen LogP contribution in [-0.4, -0.2) is 31.4 Å². The lowest BCUT2D eigenvalue weighted by molar-refractivity contribution is -0.323. The van der Waals surface area contributed by atoms with Crippen LogP contribution in [0.2, 0.25) is 0 Å². The maximum atomic E-state index is 11.6. The molecule has 0 aliphatic heterocycles. The molecule has 0 aromatic heterocycles. The van der Waals surface area contributed by atoms with Gasteiger partial charge in [-0.3, -0.25) is 4.74 Å². The molecule has 0 heterocycles. The molecule has 1 aliphatic carbocycles. The smallest absolute Gasteiger partial charge is 0.314 e. The Kier molecular flexibility index (Phi) is 5.86. The Morgan fingerprint density at radius 2 is 2.06 bits per heavy atom. The third-order valence-corrected chi connectivity index (χ3v) is 3.09. The molecule has 1 fully saturated rings. The van der Waals surface area contributed by atoms with Crippen LogP contribution in [0, 0.1) is 5.92 Å². The van der Waals surface area contributed by atoms with Crippen molar-refractivity contribution in [2.75, 3.05) is 19.7 Å². The zero-order valence-corrected chi connectivity index (χ0v) is 9.78. The second kappa shape index (κ2) is 6.67. The van der Waals surface area contributed by atoms with E-state index in [0.717, 1.165) is 32.2 Å². The third-order valence-electron chi connectivity index (χ3n) is 2.70. The Bertz CT molecular complexity index is 201. The summed E-state index contributed by atoms with van der Waals surface area (Å²) < 4.78 is 38.5. The number of hydrogen-bond acceptors (Lipinski definition) is 2. The second-order valence-corrected chi connectivity index (χ2v) is 4.75. The molecule has 6 heteroatoms. The number of ether oxygens (including phenoxy) is 1. The molecule has 1 rings (SSSR count). The Hall–Kier alpha value is 0. The molecule has 1 aliphatic rings. The molecule has 1 saturated carbocycles. The van der Waals surface area contributed by atoms with Gasteiger partial charge in [0.1, 0.15) is 0 Å². The van der Waals surface area contributed by atoms with Crippen LogP contribution >= 0.6 is 11.6 Å². The van der Waals surface area contributed by atoms with E-state index in [4.69, 9.17) is 11.6 Å². The van der Waals surface area contributed by atoms with Crippen molar-refractivity contribution >= 4 is 11.6 Å². The van der Waals surface area contributed by atoms with Gasteiger partial charge in [0, 0.05) is 11.9 Å². The van der Waals surface area contributed by atoms with Crippen molar-refractivity contribution in [3.05, 3.63) is 0 Å². The first-order chi connectivity index (χ1) is 7.47. The minimum absolute atomic E-state index is 0.225. The molecule has 16 heavy (non-hydrogen) atoms. The molecular weight excluding hydrogens is 243 g/mol. The van der Waals surface area contributed by atoms with Gasteiger partial charge in [0.25, 0.3) is 0 Å². The SMILES string of the molecule is FC(F)(F)OCCNCC1CCCC(Cl)C1. The maximum absolute atomic E-state index is 11.6. The Morgan fingerprint density at radius 3 is 2.69 bits per heavy atom. The van der Waals surface area contributed by atoms with Crippen molar-refractivity contribution in [1.29, 1.82) is 0 Å². The maximum Gasteiger partial charge on any atom is 0.522 e. The average Bonchev–Trinajstić information content (AvgIpc) is 2.15. The number of rotatable bonds is 5. The molecule has 2 unspecified atom stereocenters. The number of halogens is 4. The van der Waals surface area contributed by atoms with Gasteiger partial charge in [-0.2, -0.15) is 0 Å². The highest BCUT2D eigenvalue weighted by Gasteiger charge is 2.28. The summed E-state index contributed by atoms with van der Waals surface area (Å²) in [4.78, 5) is 0. The lowest BCUT2D eigenvalue weighted by Gasteiger charge is -2.25. The van der Waals surface area contributed by atoms with Crippen LogP contribution in [-0.2, 0) is 4.74 Å². The number of hydrogen-bond donors (Lipinski definition) is 1. The van der Waals surface area contributed by atoms with Crippen LogP contribution in [0.3, 0.4) is 0 Å². The largest absolute Gasteiger partial charge is 0.522 e. The summed E-state index contributed by atoms with van der Waals surface area (Å²) in [6, 6.07) is 0. The summed E-state index contributed by atoms with van der Waals surface area (Å²) in [5.74, 6) is 0.488. The second-order valence-electron chi connectivity index (χ2n) is 4.13. The summed E-state index contributed by atoms with van der Waals surface area (Å²) in [5.41, 5.74) is 0. The van der Waals surface area contributed by atoms with E-state index < -0.39 is 6.36 Å². The Morgan fingerprint density at radius 1 is 1.31 bits per heavy atom. The molecule has 0 amide bonds. The summed E-state index contributed by atoms with van der Waals surface area (Å²) in [5, 5.41) is 3.19. The van der Waals surface area contributed by atoms with E-state index in [1.54, 1.807) is 0 Å². The highest BCUT2D eigenvalue weighted by Crippen LogP contribution is 2.27. The molecule has 2 atom stereocenters. The minimum Gasteiger partial charge on any atom is -0.314 e. The third kappa shape index (κ3) is 6.55. The zero-order chi connectivity index (χ0) is 12.0. The van der Waals surface area contributed by atoms with Gasteiger partial charge in [-0.05, 0) is 31.7 Å². The Labute approximate surface area is 98.5 Å². The quantitative estimate of drug-likeness (QED) is 0.606. The summed E-state index contributed by atoms with van der Waals surface area (Å²) in [6.45, 7) is 0.619. The average molecular weight is 260 g/mol. The molecular formula is C10H17ClF3NO. The van der Waals surface area contributed by atoms with Gasteiger partial charge in [0.05, 0.1) is 6.61 Å². The monoisotopic (exact) mass is 259 g/mol. The van der Waals surface area contributed by atoms with Gasteiger partial charge in [-0.1, -0.05) is 6.42 Å². The normalized spacial score (nSPS) is 27.0. The van der Waals surface area contributed by atoms with Gasteiger partial charge >= 0.3 is 6.36 Å². The molecule has 1 N–H and O–H groups in total. The molecule has 0 aromatic carbocycles. The van der Waals surface area contributed by atoms with E-state index in [1.165, 1.54) is 0 Å². The van der Waals surface area contributed by atoms with Crippen LogP contribution in [0.1, 0.15) is 25.7 Å². The molecule has 0 radical (unpaired) electrons.